The number of piperidine rings is 1. The van der Waals surface area contributed by atoms with Gasteiger partial charge in [0.05, 0.1) is 6.54 Å². The zero-order chi connectivity index (χ0) is 12.3. The van der Waals surface area contributed by atoms with Crippen LogP contribution in [0.5, 0.6) is 0 Å². The van der Waals surface area contributed by atoms with Crippen molar-refractivity contribution in [1.82, 2.24) is 15.0 Å². The Labute approximate surface area is 102 Å². The third kappa shape index (κ3) is 3.04. The van der Waals surface area contributed by atoms with Gasteiger partial charge in [-0.05, 0) is 26.3 Å². The van der Waals surface area contributed by atoms with Crippen molar-refractivity contribution in [3.05, 3.63) is 11.7 Å². The second-order valence-corrected chi connectivity index (χ2v) is 4.85. The lowest BCUT2D eigenvalue weighted by atomic mass is 9.97. The molecule has 0 saturated carbocycles. The van der Waals surface area contributed by atoms with Crippen molar-refractivity contribution in [3.8, 4) is 0 Å². The zero-order valence-corrected chi connectivity index (χ0v) is 10.7. The molecule has 2 atom stereocenters. The fourth-order valence-electron chi connectivity index (χ4n) is 2.48. The molecule has 17 heavy (non-hydrogen) atoms. The van der Waals surface area contributed by atoms with Crippen LogP contribution < -0.4 is 5.73 Å². The Morgan fingerprint density at radius 1 is 1.53 bits per heavy atom. The Morgan fingerprint density at radius 3 is 3.00 bits per heavy atom. The van der Waals surface area contributed by atoms with Crippen molar-refractivity contribution >= 4 is 0 Å². The molecule has 0 spiro atoms. The minimum absolute atomic E-state index is 0.198. The molecule has 1 aromatic heterocycles. The monoisotopic (exact) mass is 238 g/mol. The molecule has 5 nitrogen and oxygen atoms in total. The molecule has 0 radical (unpaired) electrons. The molecule has 0 aliphatic carbocycles. The minimum atomic E-state index is 0.198. The predicted octanol–water partition coefficient (Wildman–Crippen LogP) is 1.33. The second-order valence-electron chi connectivity index (χ2n) is 4.85. The number of nitrogens with zero attached hydrogens (tertiary/aromatic N) is 3. The standard InChI is InChI=1S/C12H22N4O/c1-3-11-14-12(17-15-11)8-16-7-5-4-6-10(16)9(2)13/h9-10H,3-8,13H2,1-2H3. The number of aromatic nitrogens is 2. The van der Waals surface area contributed by atoms with E-state index in [1.54, 1.807) is 0 Å². The van der Waals surface area contributed by atoms with E-state index >= 15 is 0 Å². The van der Waals surface area contributed by atoms with Crippen molar-refractivity contribution in [3.63, 3.8) is 0 Å². The van der Waals surface area contributed by atoms with Gasteiger partial charge in [0.25, 0.3) is 0 Å². The van der Waals surface area contributed by atoms with Crippen LogP contribution in [0.25, 0.3) is 0 Å². The highest BCUT2D eigenvalue weighted by Gasteiger charge is 2.26. The molecule has 2 heterocycles. The van der Waals surface area contributed by atoms with Gasteiger partial charge in [-0.25, -0.2) is 0 Å². The molecule has 5 heteroatoms. The summed E-state index contributed by atoms with van der Waals surface area (Å²) in [5.41, 5.74) is 6.03. The summed E-state index contributed by atoms with van der Waals surface area (Å²) in [7, 11) is 0. The van der Waals surface area contributed by atoms with Gasteiger partial charge in [-0.1, -0.05) is 18.5 Å². The maximum Gasteiger partial charge on any atom is 0.240 e. The fourth-order valence-corrected chi connectivity index (χ4v) is 2.48. The molecule has 0 bridgehead atoms. The highest BCUT2D eigenvalue weighted by Crippen LogP contribution is 2.20. The Morgan fingerprint density at radius 2 is 2.35 bits per heavy atom. The van der Waals surface area contributed by atoms with Crippen LogP contribution in [0.15, 0.2) is 4.52 Å². The average molecular weight is 238 g/mol. The third-order valence-electron chi connectivity index (χ3n) is 3.44. The molecular weight excluding hydrogens is 216 g/mol. The van der Waals surface area contributed by atoms with Crippen LogP contribution in [0, 0.1) is 0 Å². The number of likely N-dealkylation sites (tertiary alicyclic amines) is 1. The molecule has 1 fully saturated rings. The van der Waals surface area contributed by atoms with E-state index in [1.807, 2.05) is 6.92 Å². The molecule has 1 aliphatic heterocycles. The Hall–Kier alpha value is -0.940. The number of hydrogen-bond donors (Lipinski definition) is 1. The second kappa shape index (κ2) is 5.60. The van der Waals surface area contributed by atoms with E-state index in [4.69, 9.17) is 10.3 Å². The van der Waals surface area contributed by atoms with E-state index < -0.39 is 0 Å². The van der Waals surface area contributed by atoms with Crippen LogP contribution >= 0.6 is 0 Å². The summed E-state index contributed by atoms with van der Waals surface area (Å²) in [4.78, 5) is 6.73. The highest BCUT2D eigenvalue weighted by atomic mass is 16.5. The van der Waals surface area contributed by atoms with Crippen LogP contribution in [0.3, 0.4) is 0 Å². The third-order valence-corrected chi connectivity index (χ3v) is 3.44. The summed E-state index contributed by atoms with van der Waals surface area (Å²) < 4.78 is 5.24. The number of nitrogens with two attached hydrogens (primary N) is 1. The SMILES string of the molecule is CCc1noc(CN2CCCCC2C(C)N)n1. The number of hydrogen-bond acceptors (Lipinski definition) is 5. The average Bonchev–Trinajstić information content (AvgIpc) is 2.77. The first-order valence-electron chi connectivity index (χ1n) is 6.51. The van der Waals surface area contributed by atoms with Crippen LogP contribution in [0.1, 0.15) is 44.8 Å². The number of aryl methyl sites for hydroxylation is 1. The van der Waals surface area contributed by atoms with E-state index in [0.717, 1.165) is 31.2 Å². The van der Waals surface area contributed by atoms with Crippen molar-refractivity contribution in [1.29, 1.82) is 0 Å². The van der Waals surface area contributed by atoms with E-state index in [0.29, 0.717) is 6.04 Å². The van der Waals surface area contributed by atoms with Gasteiger partial charge in [0, 0.05) is 18.5 Å². The van der Waals surface area contributed by atoms with Crippen LogP contribution in [-0.2, 0) is 13.0 Å². The van der Waals surface area contributed by atoms with Crippen LogP contribution in [-0.4, -0.2) is 33.7 Å². The molecule has 1 aromatic rings. The Bertz CT molecular complexity index is 350. The molecule has 0 amide bonds. The smallest absolute Gasteiger partial charge is 0.240 e. The molecule has 2 rings (SSSR count). The van der Waals surface area contributed by atoms with Crippen molar-refractivity contribution in [2.45, 2.75) is 58.2 Å². The van der Waals surface area contributed by atoms with Gasteiger partial charge in [-0.3, -0.25) is 4.90 Å². The van der Waals surface area contributed by atoms with Gasteiger partial charge in [0.2, 0.25) is 5.89 Å². The highest BCUT2D eigenvalue weighted by molar-refractivity contribution is 4.89. The van der Waals surface area contributed by atoms with E-state index in [9.17, 15) is 0 Å². The van der Waals surface area contributed by atoms with Crippen molar-refractivity contribution in [2.75, 3.05) is 6.54 Å². The first-order chi connectivity index (χ1) is 8.20. The molecular formula is C12H22N4O. The quantitative estimate of drug-likeness (QED) is 0.857. The first kappa shape index (κ1) is 12.5. The first-order valence-corrected chi connectivity index (χ1v) is 6.51. The van der Waals surface area contributed by atoms with Gasteiger partial charge < -0.3 is 10.3 Å². The summed E-state index contributed by atoms with van der Waals surface area (Å²) >= 11 is 0. The lowest BCUT2D eigenvalue weighted by Crippen LogP contribution is -2.48. The molecule has 2 unspecified atom stereocenters. The summed E-state index contributed by atoms with van der Waals surface area (Å²) in [5, 5.41) is 3.93. The van der Waals surface area contributed by atoms with Crippen LogP contribution in [0.2, 0.25) is 0 Å². The Balaban J connectivity index is 2.00. The van der Waals surface area contributed by atoms with E-state index in [2.05, 4.69) is 22.0 Å². The zero-order valence-electron chi connectivity index (χ0n) is 10.7. The van der Waals surface area contributed by atoms with Crippen molar-refractivity contribution < 1.29 is 4.52 Å². The topological polar surface area (TPSA) is 68.2 Å². The number of rotatable bonds is 4. The Kier molecular flexibility index (Phi) is 4.12. The summed E-state index contributed by atoms with van der Waals surface area (Å²) in [6, 6.07) is 0.643. The molecule has 0 aromatic carbocycles. The normalized spacial score (nSPS) is 23.8. The van der Waals surface area contributed by atoms with E-state index in [1.165, 1.54) is 19.3 Å². The summed E-state index contributed by atoms with van der Waals surface area (Å²) in [5.74, 6) is 1.50. The van der Waals surface area contributed by atoms with Crippen LogP contribution in [0.4, 0.5) is 0 Å². The van der Waals surface area contributed by atoms with E-state index in [-0.39, 0.29) is 6.04 Å². The van der Waals surface area contributed by atoms with Gasteiger partial charge >= 0.3 is 0 Å². The van der Waals surface area contributed by atoms with Gasteiger partial charge in [0.1, 0.15) is 0 Å². The lowest BCUT2D eigenvalue weighted by molar-refractivity contribution is 0.109. The molecule has 2 N–H and O–H groups in total. The van der Waals surface area contributed by atoms with Crippen molar-refractivity contribution in [2.24, 2.45) is 5.73 Å². The largest absolute Gasteiger partial charge is 0.338 e. The minimum Gasteiger partial charge on any atom is -0.338 e. The maximum atomic E-state index is 6.03. The van der Waals surface area contributed by atoms with Gasteiger partial charge in [-0.2, -0.15) is 4.98 Å². The fraction of sp³-hybridized carbons (Fsp3) is 0.833. The van der Waals surface area contributed by atoms with Gasteiger partial charge in [0.15, 0.2) is 5.82 Å². The lowest BCUT2D eigenvalue weighted by Gasteiger charge is -2.37. The molecule has 1 aliphatic rings. The molecule has 96 valence electrons. The predicted molar refractivity (Wildman–Crippen MR) is 65.4 cm³/mol. The summed E-state index contributed by atoms with van der Waals surface area (Å²) in [6.45, 7) is 5.92. The van der Waals surface area contributed by atoms with Gasteiger partial charge in [-0.15, -0.1) is 0 Å². The maximum absolute atomic E-state index is 6.03. The summed E-state index contributed by atoms with van der Waals surface area (Å²) in [6.07, 6.45) is 4.50. The molecule has 1 saturated heterocycles.